The number of ether oxygens (including phenoxy) is 1. The van der Waals surface area contributed by atoms with Crippen LogP contribution < -0.4 is 15.4 Å². The normalized spacial score (nSPS) is 10.2. The second kappa shape index (κ2) is 8.31. The lowest BCUT2D eigenvalue weighted by Crippen LogP contribution is -2.15. The second-order valence-corrected chi connectivity index (χ2v) is 5.74. The number of amides is 1. The van der Waals surface area contributed by atoms with Crippen molar-refractivity contribution in [3.63, 3.8) is 0 Å². The van der Waals surface area contributed by atoms with E-state index in [4.69, 9.17) is 16.3 Å². The standard InChI is InChI=1S/C19H17ClN4O2/c1-2-26-17-9-4-3-8-15(17)24-19(25)16-11-22-18(12-21-16)23-14-7-5-6-13(20)10-14/h3-12H,2H2,1H3,(H,22,23)(H,24,25). The SMILES string of the molecule is CCOc1ccccc1NC(=O)c1cnc(Nc2cccc(Cl)c2)cn1. The highest BCUT2D eigenvalue weighted by molar-refractivity contribution is 6.30. The monoisotopic (exact) mass is 368 g/mol. The Bertz CT molecular complexity index is 900. The highest BCUT2D eigenvalue weighted by Gasteiger charge is 2.11. The number of nitrogens with zero attached hydrogens (tertiary/aromatic N) is 2. The van der Waals surface area contributed by atoms with Gasteiger partial charge in [-0.25, -0.2) is 9.97 Å². The van der Waals surface area contributed by atoms with Gasteiger partial charge < -0.3 is 15.4 Å². The van der Waals surface area contributed by atoms with Gasteiger partial charge >= 0.3 is 0 Å². The van der Waals surface area contributed by atoms with E-state index in [1.807, 2.05) is 31.2 Å². The summed E-state index contributed by atoms with van der Waals surface area (Å²) in [4.78, 5) is 20.8. The van der Waals surface area contributed by atoms with Gasteiger partial charge in [0, 0.05) is 10.7 Å². The van der Waals surface area contributed by atoms with Crippen molar-refractivity contribution >= 4 is 34.7 Å². The van der Waals surface area contributed by atoms with E-state index in [1.54, 1.807) is 24.3 Å². The molecule has 0 unspecified atom stereocenters. The number of halogens is 1. The van der Waals surface area contributed by atoms with Gasteiger partial charge in [-0.15, -0.1) is 0 Å². The zero-order valence-corrected chi connectivity index (χ0v) is 14.8. The lowest BCUT2D eigenvalue weighted by Gasteiger charge is -2.11. The molecule has 1 aromatic heterocycles. The summed E-state index contributed by atoms with van der Waals surface area (Å²) < 4.78 is 5.50. The minimum Gasteiger partial charge on any atom is -0.492 e. The molecule has 3 rings (SSSR count). The molecule has 26 heavy (non-hydrogen) atoms. The first-order valence-electron chi connectivity index (χ1n) is 8.03. The Balaban J connectivity index is 1.69. The predicted molar refractivity (Wildman–Crippen MR) is 102 cm³/mol. The molecule has 0 fully saturated rings. The van der Waals surface area contributed by atoms with Crippen molar-refractivity contribution in [1.29, 1.82) is 0 Å². The quantitative estimate of drug-likeness (QED) is 0.668. The smallest absolute Gasteiger partial charge is 0.275 e. The van der Waals surface area contributed by atoms with Crippen LogP contribution in [0.4, 0.5) is 17.2 Å². The molecule has 132 valence electrons. The second-order valence-electron chi connectivity index (χ2n) is 5.31. The van der Waals surface area contributed by atoms with Gasteiger partial charge in [-0.05, 0) is 37.3 Å². The average molecular weight is 369 g/mol. The van der Waals surface area contributed by atoms with Gasteiger partial charge in [0.25, 0.3) is 5.91 Å². The van der Waals surface area contributed by atoms with Crippen molar-refractivity contribution in [2.24, 2.45) is 0 Å². The van der Waals surface area contributed by atoms with E-state index in [2.05, 4.69) is 20.6 Å². The van der Waals surface area contributed by atoms with Gasteiger partial charge in [0.1, 0.15) is 17.3 Å². The Hall–Kier alpha value is -3.12. The summed E-state index contributed by atoms with van der Waals surface area (Å²) in [5.41, 5.74) is 1.57. The number of para-hydroxylation sites is 2. The zero-order chi connectivity index (χ0) is 18.4. The molecule has 0 bridgehead atoms. The minimum atomic E-state index is -0.362. The van der Waals surface area contributed by atoms with Crippen LogP contribution in [-0.2, 0) is 0 Å². The Kier molecular flexibility index (Phi) is 5.66. The summed E-state index contributed by atoms with van der Waals surface area (Å²) in [6, 6.07) is 14.5. The van der Waals surface area contributed by atoms with Crippen LogP contribution in [-0.4, -0.2) is 22.5 Å². The molecule has 2 aromatic carbocycles. The molecule has 3 aromatic rings. The highest BCUT2D eigenvalue weighted by atomic mass is 35.5. The Morgan fingerprint density at radius 1 is 1.12 bits per heavy atom. The summed E-state index contributed by atoms with van der Waals surface area (Å²) in [5.74, 6) is 0.757. The van der Waals surface area contributed by atoms with Crippen molar-refractivity contribution in [2.75, 3.05) is 17.2 Å². The van der Waals surface area contributed by atoms with E-state index in [9.17, 15) is 4.79 Å². The molecule has 0 atom stereocenters. The van der Waals surface area contributed by atoms with Crippen LogP contribution in [0.3, 0.4) is 0 Å². The van der Waals surface area contributed by atoms with E-state index in [-0.39, 0.29) is 11.6 Å². The summed E-state index contributed by atoms with van der Waals surface area (Å²) in [5, 5.41) is 6.48. The number of hydrogen-bond acceptors (Lipinski definition) is 5. The van der Waals surface area contributed by atoms with E-state index in [0.717, 1.165) is 5.69 Å². The fourth-order valence-corrected chi connectivity index (χ4v) is 2.45. The Morgan fingerprint density at radius 3 is 2.69 bits per heavy atom. The lowest BCUT2D eigenvalue weighted by atomic mass is 10.3. The number of nitrogens with one attached hydrogen (secondary N) is 2. The van der Waals surface area contributed by atoms with E-state index in [0.29, 0.717) is 28.9 Å². The number of carbonyl (C=O) groups is 1. The number of carbonyl (C=O) groups excluding carboxylic acids is 1. The van der Waals surface area contributed by atoms with E-state index >= 15 is 0 Å². The molecule has 6 nitrogen and oxygen atoms in total. The number of aromatic nitrogens is 2. The number of rotatable bonds is 6. The molecular formula is C19H17ClN4O2. The van der Waals surface area contributed by atoms with Crippen molar-refractivity contribution < 1.29 is 9.53 Å². The van der Waals surface area contributed by atoms with Gasteiger partial charge in [-0.3, -0.25) is 4.79 Å². The average Bonchev–Trinajstić information content (AvgIpc) is 2.64. The third kappa shape index (κ3) is 4.49. The van der Waals surface area contributed by atoms with Gasteiger partial charge in [-0.2, -0.15) is 0 Å². The first-order valence-corrected chi connectivity index (χ1v) is 8.41. The van der Waals surface area contributed by atoms with Crippen molar-refractivity contribution in [3.8, 4) is 5.75 Å². The van der Waals surface area contributed by atoms with Crippen LogP contribution in [0, 0.1) is 0 Å². The van der Waals surface area contributed by atoms with Crippen molar-refractivity contribution in [3.05, 3.63) is 71.6 Å². The summed E-state index contributed by atoms with van der Waals surface area (Å²) in [6.07, 6.45) is 2.90. The first-order chi connectivity index (χ1) is 12.7. The molecule has 0 aliphatic rings. The minimum absolute atomic E-state index is 0.202. The molecule has 2 N–H and O–H groups in total. The highest BCUT2D eigenvalue weighted by Crippen LogP contribution is 2.24. The molecule has 1 heterocycles. The fraction of sp³-hybridized carbons (Fsp3) is 0.105. The molecule has 0 saturated heterocycles. The number of anilines is 3. The van der Waals surface area contributed by atoms with Crippen LogP contribution in [0.5, 0.6) is 5.75 Å². The molecule has 0 aliphatic heterocycles. The molecular weight excluding hydrogens is 352 g/mol. The lowest BCUT2D eigenvalue weighted by molar-refractivity contribution is 0.102. The largest absolute Gasteiger partial charge is 0.492 e. The van der Waals surface area contributed by atoms with Crippen molar-refractivity contribution in [2.45, 2.75) is 6.92 Å². The van der Waals surface area contributed by atoms with Gasteiger partial charge in [0.05, 0.1) is 24.7 Å². The maximum Gasteiger partial charge on any atom is 0.275 e. The molecule has 1 amide bonds. The molecule has 0 radical (unpaired) electrons. The molecule has 0 spiro atoms. The van der Waals surface area contributed by atoms with Crippen LogP contribution in [0.25, 0.3) is 0 Å². The maximum atomic E-state index is 12.4. The van der Waals surface area contributed by atoms with Crippen LogP contribution in [0.1, 0.15) is 17.4 Å². The van der Waals surface area contributed by atoms with Crippen LogP contribution in [0.2, 0.25) is 5.02 Å². The molecule has 7 heteroatoms. The topological polar surface area (TPSA) is 76.1 Å². The predicted octanol–water partition coefficient (Wildman–Crippen LogP) is 4.52. The number of benzene rings is 2. The van der Waals surface area contributed by atoms with Gasteiger partial charge in [-0.1, -0.05) is 29.8 Å². The Morgan fingerprint density at radius 2 is 1.96 bits per heavy atom. The fourth-order valence-electron chi connectivity index (χ4n) is 2.26. The van der Waals surface area contributed by atoms with E-state index < -0.39 is 0 Å². The van der Waals surface area contributed by atoms with Gasteiger partial charge in [0.15, 0.2) is 0 Å². The van der Waals surface area contributed by atoms with Gasteiger partial charge in [0.2, 0.25) is 0 Å². The van der Waals surface area contributed by atoms with Crippen molar-refractivity contribution in [1.82, 2.24) is 9.97 Å². The summed E-state index contributed by atoms with van der Waals surface area (Å²) in [7, 11) is 0. The maximum absolute atomic E-state index is 12.4. The third-order valence-corrected chi connectivity index (χ3v) is 3.65. The summed E-state index contributed by atoms with van der Waals surface area (Å²) in [6.45, 7) is 2.40. The van der Waals surface area contributed by atoms with Crippen LogP contribution in [0.15, 0.2) is 60.9 Å². The molecule has 0 aliphatic carbocycles. The summed E-state index contributed by atoms with van der Waals surface area (Å²) >= 11 is 5.95. The number of hydrogen-bond donors (Lipinski definition) is 2. The Labute approximate surface area is 156 Å². The first kappa shape index (κ1) is 17.7. The third-order valence-electron chi connectivity index (χ3n) is 3.42. The van der Waals surface area contributed by atoms with E-state index in [1.165, 1.54) is 12.4 Å². The molecule has 0 saturated carbocycles. The van der Waals surface area contributed by atoms with Crippen LogP contribution >= 0.6 is 11.6 Å². The zero-order valence-electron chi connectivity index (χ0n) is 14.1.